The molecule has 106 valence electrons. The van der Waals surface area contributed by atoms with E-state index in [4.69, 9.17) is 13.9 Å². The van der Waals surface area contributed by atoms with Crippen molar-refractivity contribution < 1.29 is 18.7 Å². The largest absolute Gasteiger partial charge is 0.461 e. The van der Waals surface area contributed by atoms with Crippen LogP contribution in [0.2, 0.25) is 0 Å². The summed E-state index contributed by atoms with van der Waals surface area (Å²) in [5.41, 5.74) is 1.32. The smallest absolute Gasteiger partial charge is 0.394 e. The average Bonchev–Trinajstić information content (AvgIpc) is 2.94. The molecule has 0 radical (unpaired) electrons. The van der Waals surface area contributed by atoms with Gasteiger partial charge in [0.15, 0.2) is 5.69 Å². The molecule has 0 fully saturated rings. The molecule has 0 aromatic carbocycles. The maximum Gasteiger partial charge on any atom is 0.394 e. The standard InChI is InChI=1S/C14H16N2O4/c1-2-18-13(17)12-10-20-14(16-12)19-9-3-4-11-5-7-15-8-6-11/h5-8,10H,2-4,9H2,1H3. The van der Waals surface area contributed by atoms with Crippen molar-refractivity contribution in [3.8, 4) is 6.08 Å². The molecule has 2 rings (SSSR count). The molecule has 0 aliphatic carbocycles. The van der Waals surface area contributed by atoms with Gasteiger partial charge in [0, 0.05) is 12.4 Å². The molecule has 0 saturated heterocycles. The summed E-state index contributed by atoms with van der Waals surface area (Å²) in [6, 6.07) is 3.92. The molecular weight excluding hydrogens is 260 g/mol. The molecule has 2 aromatic heterocycles. The number of hydrogen-bond donors (Lipinski definition) is 0. The molecule has 0 bridgehead atoms. The minimum atomic E-state index is -0.511. The summed E-state index contributed by atoms with van der Waals surface area (Å²) in [5, 5.41) is 0. The van der Waals surface area contributed by atoms with Crippen LogP contribution < -0.4 is 4.74 Å². The average molecular weight is 276 g/mol. The lowest BCUT2D eigenvalue weighted by Gasteiger charge is -2.01. The second kappa shape index (κ2) is 7.28. The lowest BCUT2D eigenvalue weighted by Crippen LogP contribution is -2.05. The molecule has 20 heavy (non-hydrogen) atoms. The third kappa shape index (κ3) is 4.08. The Labute approximate surface area is 116 Å². The van der Waals surface area contributed by atoms with Crippen LogP contribution in [0, 0.1) is 0 Å². The van der Waals surface area contributed by atoms with Crippen molar-refractivity contribution in [2.45, 2.75) is 19.8 Å². The SMILES string of the molecule is CCOC(=O)c1coc(OCCCc2ccncc2)n1. The van der Waals surface area contributed by atoms with Crippen molar-refractivity contribution >= 4 is 5.97 Å². The minimum absolute atomic E-state index is 0.0859. The number of esters is 1. The highest BCUT2D eigenvalue weighted by molar-refractivity contribution is 5.86. The Bertz CT molecular complexity index is 539. The molecule has 2 heterocycles. The van der Waals surface area contributed by atoms with Gasteiger partial charge in [-0.2, -0.15) is 4.98 Å². The molecule has 6 nitrogen and oxygen atoms in total. The van der Waals surface area contributed by atoms with Gasteiger partial charge in [0.2, 0.25) is 0 Å². The molecule has 0 amide bonds. The van der Waals surface area contributed by atoms with Crippen LogP contribution >= 0.6 is 0 Å². The number of carbonyl (C=O) groups is 1. The van der Waals surface area contributed by atoms with Gasteiger partial charge in [0.25, 0.3) is 0 Å². The summed E-state index contributed by atoms with van der Waals surface area (Å²) in [4.78, 5) is 19.2. The lowest BCUT2D eigenvalue weighted by atomic mass is 10.1. The summed E-state index contributed by atoms with van der Waals surface area (Å²) in [6.45, 7) is 2.49. The quantitative estimate of drug-likeness (QED) is 0.570. The molecule has 2 aromatic rings. The number of ether oxygens (including phenoxy) is 2. The van der Waals surface area contributed by atoms with Gasteiger partial charge in [0.1, 0.15) is 6.26 Å². The summed E-state index contributed by atoms with van der Waals surface area (Å²) < 4.78 is 15.2. The predicted octanol–water partition coefficient (Wildman–Crippen LogP) is 2.26. The van der Waals surface area contributed by atoms with Crippen molar-refractivity contribution in [1.29, 1.82) is 0 Å². The van der Waals surface area contributed by atoms with E-state index < -0.39 is 5.97 Å². The number of aromatic nitrogens is 2. The first kappa shape index (κ1) is 14.0. The van der Waals surface area contributed by atoms with Gasteiger partial charge in [-0.1, -0.05) is 0 Å². The van der Waals surface area contributed by atoms with Crippen molar-refractivity contribution in [1.82, 2.24) is 9.97 Å². The van der Waals surface area contributed by atoms with Gasteiger partial charge < -0.3 is 13.9 Å². The Kier molecular flexibility index (Phi) is 5.11. The van der Waals surface area contributed by atoms with Gasteiger partial charge in [-0.3, -0.25) is 4.98 Å². The van der Waals surface area contributed by atoms with Crippen LogP contribution in [0.3, 0.4) is 0 Å². The number of hydrogen-bond acceptors (Lipinski definition) is 6. The topological polar surface area (TPSA) is 74.5 Å². The van der Waals surface area contributed by atoms with E-state index in [0.29, 0.717) is 13.2 Å². The van der Waals surface area contributed by atoms with Gasteiger partial charge in [-0.25, -0.2) is 4.79 Å². The van der Waals surface area contributed by atoms with Crippen molar-refractivity contribution in [2.24, 2.45) is 0 Å². The van der Waals surface area contributed by atoms with Crippen LogP contribution in [0.5, 0.6) is 6.08 Å². The number of pyridine rings is 1. The Balaban J connectivity index is 1.73. The Hall–Kier alpha value is -2.37. The van der Waals surface area contributed by atoms with Crippen LogP contribution in [0.1, 0.15) is 29.4 Å². The van der Waals surface area contributed by atoms with Crippen LogP contribution in [0.15, 0.2) is 35.2 Å². The van der Waals surface area contributed by atoms with Gasteiger partial charge in [-0.05, 0) is 37.5 Å². The van der Waals surface area contributed by atoms with Crippen LogP contribution in [-0.4, -0.2) is 29.2 Å². The number of rotatable bonds is 7. The third-order valence-corrected chi connectivity index (χ3v) is 2.55. The van der Waals surface area contributed by atoms with E-state index in [1.54, 1.807) is 19.3 Å². The highest BCUT2D eigenvalue weighted by atomic mass is 16.6. The Morgan fingerprint density at radius 2 is 2.15 bits per heavy atom. The maximum atomic E-state index is 11.4. The van der Waals surface area contributed by atoms with Gasteiger partial charge in [0.05, 0.1) is 13.2 Å². The van der Waals surface area contributed by atoms with Crippen molar-refractivity contribution in [3.63, 3.8) is 0 Å². The van der Waals surface area contributed by atoms with Crippen LogP contribution in [0.25, 0.3) is 0 Å². The first-order chi connectivity index (χ1) is 9.79. The van der Waals surface area contributed by atoms with Crippen molar-refractivity contribution in [3.05, 3.63) is 42.0 Å². The van der Waals surface area contributed by atoms with E-state index in [2.05, 4.69) is 9.97 Å². The second-order valence-electron chi connectivity index (χ2n) is 4.03. The normalized spacial score (nSPS) is 10.2. The molecular formula is C14H16N2O4. The van der Waals surface area contributed by atoms with Crippen LogP contribution in [0.4, 0.5) is 0 Å². The highest BCUT2D eigenvalue weighted by Crippen LogP contribution is 2.12. The monoisotopic (exact) mass is 276 g/mol. The molecule has 0 N–H and O–H groups in total. The molecule has 0 saturated carbocycles. The molecule has 0 aliphatic rings. The van der Waals surface area contributed by atoms with Crippen molar-refractivity contribution in [2.75, 3.05) is 13.2 Å². The zero-order chi connectivity index (χ0) is 14.2. The molecule has 0 aliphatic heterocycles. The molecule has 0 atom stereocenters. The molecule has 0 spiro atoms. The number of oxazole rings is 1. The fraction of sp³-hybridized carbons (Fsp3) is 0.357. The van der Waals surface area contributed by atoms with Gasteiger partial charge >= 0.3 is 12.0 Å². The van der Waals surface area contributed by atoms with E-state index in [-0.39, 0.29) is 11.8 Å². The van der Waals surface area contributed by atoms with E-state index in [9.17, 15) is 4.79 Å². The van der Waals surface area contributed by atoms with Crippen LogP contribution in [-0.2, 0) is 11.2 Å². The second-order valence-corrected chi connectivity index (χ2v) is 4.03. The Morgan fingerprint density at radius 3 is 2.90 bits per heavy atom. The predicted molar refractivity (Wildman–Crippen MR) is 70.5 cm³/mol. The van der Waals surface area contributed by atoms with E-state index in [1.165, 1.54) is 11.8 Å². The van der Waals surface area contributed by atoms with E-state index >= 15 is 0 Å². The fourth-order valence-electron chi connectivity index (χ4n) is 1.61. The lowest BCUT2D eigenvalue weighted by molar-refractivity contribution is 0.0519. The third-order valence-electron chi connectivity index (χ3n) is 2.55. The summed E-state index contributed by atoms with van der Waals surface area (Å²) >= 11 is 0. The summed E-state index contributed by atoms with van der Waals surface area (Å²) in [6.07, 6.45) is 6.54. The Morgan fingerprint density at radius 1 is 1.35 bits per heavy atom. The zero-order valence-corrected chi connectivity index (χ0v) is 11.2. The molecule has 0 unspecified atom stereocenters. The first-order valence-electron chi connectivity index (χ1n) is 6.44. The zero-order valence-electron chi connectivity index (χ0n) is 11.2. The maximum absolute atomic E-state index is 11.4. The molecule has 6 heteroatoms. The van der Waals surface area contributed by atoms with E-state index in [0.717, 1.165) is 12.8 Å². The summed E-state index contributed by atoms with van der Waals surface area (Å²) in [7, 11) is 0. The summed E-state index contributed by atoms with van der Waals surface area (Å²) in [5.74, 6) is -0.511. The number of aryl methyl sites for hydroxylation is 1. The fourth-order valence-corrected chi connectivity index (χ4v) is 1.61. The highest BCUT2D eigenvalue weighted by Gasteiger charge is 2.13. The first-order valence-corrected chi connectivity index (χ1v) is 6.44. The minimum Gasteiger partial charge on any atom is -0.461 e. The number of carbonyl (C=O) groups excluding carboxylic acids is 1. The van der Waals surface area contributed by atoms with E-state index in [1.807, 2.05) is 12.1 Å². The van der Waals surface area contributed by atoms with Gasteiger partial charge in [-0.15, -0.1) is 0 Å². The number of nitrogens with zero attached hydrogens (tertiary/aromatic N) is 2.